The van der Waals surface area contributed by atoms with E-state index in [4.69, 9.17) is 19.6 Å². The number of furan rings is 1. The van der Waals surface area contributed by atoms with E-state index in [1.54, 1.807) is 25.1 Å². The molecule has 3 amide bonds. The molecule has 3 N–H and O–H groups in total. The summed E-state index contributed by atoms with van der Waals surface area (Å²) in [5.74, 6) is -1.03. The molecule has 1 heterocycles. The number of fused-ring (bicyclic) bond motifs is 1. The highest BCUT2D eigenvalue weighted by molar-refractivity contribution is 5.99. The van der Waals surface area contributed by atoms with Gasteiger partial charge in [0, 0.05) is 10.9 Å². The smallest absolute Gasteiger partial charge is 0.375 e. The summed E-state index contributed by atoms with van der Waals surface area (Å²) >= 11 is 0. The van der Waals surface area contributed by atoms with E-state index in [1.165, 1.54) is 14.0 Å². The van der Waals surface area contributed by atoms with Gasteiger partial charge >= 0.3 is 12.0 Å². The molecule has 2 aromatic rings. The summed E-state index contributed by atoms with van der Waals surface area (Å²) in [6.07, 6.45) is -1.20. The first-order valence-corrected chi connectivity index (χ1v) is 6.72. The number of carbonyl (C=O) groups excluding carboxylic acids is 3. The fourth-order valence-electron chi connectivity index (χ4n) is 2.01. The van der Waals surface area contributed by atoms with Gasteiger partial charge in [0.25, 0.3) is 5.91 Å². The van der Waals surface area contributed by atoms with Crippen molar-refractivity contribution in [1.82, 2.24) is 5.32 Å². The van der Waals surface area contributed by atoms with Crippen LogP contribution in [-0.4, -0.2) is 31.1 Å². The molecule has 0 bridgehead atoms. The molecule has 8 nitrogen and oxygen atoms in total. The molecule has 23 heavy (non-hydrogen) atoms. The number of esters is 1. The third kappa shape index (κ3) is 3.42. The van der Waals surface area contributed by atoms with Gasteiger partial charge in [-0.15, -0.1) is 0 Å². The summed E-state index contributed by atoms with van der Waals surface area (Å²) < 4.78 is 15.6. The Hall–Kier alpha value is -3.03. The van der Waals surface area contributed by atoms with Gasteiger partial charge in [-0.25, -0.2) is 9.59 Å². The maximum atomic E-state index is 12.1. The number of rotatable bonds is 4. The molecule has 0 unspecified atom stereocenters. The molecular formula is C15H16N2O6. The van der Waals surface area contributed by atoms with Crippen LogP contribution in [0.5, 0.6) is 5.75 Å². The predicted molar refractivity (Wildman–Crippen MR) is 80.1 cm³/mol. The molecule has 0 saturated carbocycles. The standard InChI is InChI=1S/C15H16N2O6/c1-7-10-6-9(21-3)4-5-11(10)23-12(7)14(19)22-8(2)13(18)17-15(16)20/h4-6,8H,1-3H3,(H3,16,17,18,20)/t8-/m0/s1. The van der Waals surface area contributed by atoms with Gasteiger partial charge in [-0.1, -0.05) is 0 Å². The minimum absolute atomic E-state index is 0.0213. The van der Waals surface area contributed by atoms with Crippen LogP contribution >= 0.6 is 0 Å². The number of amides is 3. The lowest BCUT2D eigenvalue weighted by Crippen LogP contribution is -2.42. The van der Waals surface area contributed by atoms with E-state index in [0.29, 0.717) is 22.3 Å². The van der Waals surface area contributed by atoms with Crippen LogP contribution in [0.25, 0.3) is 11.0 Å². The van der Waals surface area contributed by atoms with Crippen LogP contribution < -0.4 is 15.8 Å². The third-order valence-corrected chi connectivity index (χ3v) is 3.23. The molecule has 2 rings (SSSR count). The van der Waals surface area contributed by atoms with Gasteiger partial charge in [0.2, 0.25) is 5.76 Å². The average molecular weight is 320 g/mol. The number of hydrogen-bond acceptors (Lipinski definition) is 6. The maximum Gasteiger partial charge on any atom is 0.375 e. The second-order valence-electron chi connectivity index (χ2n) is 4.82. The summed E-state index contributed by atoms with van der Waals surface area (Å²) in [5.41, 5.74) is 5.89. The minimum atomic E-state index is -1.20. The molecule has 8 heteroatoms. The first-order valence-electron chi connectivity index (χ1n) is 6.72. The van der Waals surface area contributed by atoms with Crippen molar-refractivity contribution >= 4 is 28.9 Å². The van der Waals surface area contributed by atoms with Gasteiger partial charge < -0.3 is 19.6 Å². The Morgan fingerprint density at radius 3 is 2.61 bits per heavy atom. The van der Waals surface area contributed by atoms with Crippen LogP contribution in [0.3, 0.4) is 0 Å². The Morgan fingerprint density at radius 1 is 1.30 bits per heavy atom. The Morgan fingerprint density at radius 2 is 2.00 bits per heavy atom. The van der Waals surface area contributed by atoms with Gasteiger partial charge in [-0.3, -0.25) is 10.1 Å². The number of methoxy groups -OCH3 is 1. The maximum absolute atomic E-state index is 12.1. The van der Waals surface area contributed by atoms with Gasteiger partial charge in [-0.05, 0) is 32.0 Å². The fraction of sp³-hybridized carbons (Fsp3) is 0.267. The molecule has 0 radical (unpaired) electrons. The SMILES string of the molecule is COc1ccc2oc(C(=O)O[C@@H](C)C(=O)NC(N)=O)c(C)c2c1. The van der Waals surface area contributed by atoms with Crippen molar-refractivity contribution in [3.05, 3.63) is 29.5 Å². The topological polar surface area (TPSA) is 121 Å². The second-order valence-corrected chi connectivity index (χ2v) is 4.82. The monoisotopic (exact) mass is 320 g/mol. The Bertz CT molecular complexity index is 780. The molecule has 0 aliphatic carbocycles. The number of nitrogens with one attached hydrogen (secondary N) is 1. The molecule has 122 valence electrons. The molecule has 0 fully saturated rings. The van der Waals surface area contributed by atoms with E-state index in [2.05, 4.69) is 0 Å². The van der Waals surface area contributed by atoms with Gasteiger partial charge in [-0.2, -0.15) is 0 Å². The van der Waals surface area contributed by atoms with Crippen molar-refractivity contribution in [1.29, 1.82) is 0 Å². The van der Waals surface area contributed by atoms with Gasteiger partial charge in [0.15, 0.2) is 6.10 Å². The van der Waals surface area contributed by atoms with Crippen LogP contribution in [0, 0.1) is 6.92 Å². The van der Waals surface area contributed by atoms with Crippen molar-refractivity contribution in [3.8, 4) is 5.75 Å². The number of hydrogen-bond donors (Lipinski definition) is 2. The summed E-state index contributed by atoms with van der Waals surface area (Å²) in [6, 6.07) is 4.07. The summed E-state index contributed by atoms with van der Waals surface area (Å²) in [4.78, 5) is 34.3. The van der Waals surface area contributed by atoms with Crippen molar-refractivity contribution < 1.29 is 28.3 Å². The first-order chi connectivity index (χ1) is 10.8. The van der Waals surface area contributed by atoms with Crippen molar-refractivity contribution in [2.75, 3.05) is 7.11 Å². The summed E-state index contributed by atoms with van der Waals surface area (Å²) in [7, 11) is 1.53. The van der Waals surface area contributed by atoms with E-state index in [0.717, 1.165) is 0 Å². The van der Waals surface area contributed by atoms with E-state index in [-0.39, 0.29) is 5.76 Å². The Kier molecular flexibility index (Phi) is 4.54. The Balaban J connectivity index is 2.22. The zero-order valence-corrected chi connectivity index (χ0v) is 12.8. The van der Waals surface area contributed by atoms with Crippen LogP contribution in [-0.2, 0) is 9.53 Å². The highest BCUT2D eigenvalue weighted by Crippen LogP contribution is 2.29. The normalized spacial score (nSPS) is 11.8. The molecule has 0 saturated heterocycles. The predicted octanol–water partition coefficient (Wildman–Crippen LogP) is 1.49. The molecule has 1 aromatic carbocycles. The van der Waals surface area contributed by atoms with Crippen LogP contribution in [0.15, 0.2) is 22.6 Å². The molecule has 1 atom stereocenters. The fourth-order valence-corrected chi connectivity index (χ4v) is 2.01. The molecular weight excluding hydrogens is 304 g/mol. The number of nitrogens with two attached hydrogens (primary N) is 1. The highest BCUT2D eigenvalue weighted by Gasteiger charge is 2.24. The average Bonchev–Trinajstić information content (AvgIpc) is 2.83. The number of aryl methyl sites for hydroxylation is 1. The van der Waals surface area contributed by atoms with Crippen LogP contribution in [0.1, 0.15) is 23.0 Å². The van der Waals surface area contributed by atoms with E-state index < -0.39 is 24.0 Å². The van der Waals surface area contributed by atoms with Gasteiger partial charge in [0.05, 0.1) is 7.11 Å². The molecule has 0 spiro atoms. The third-order valence-electron chi connectivity index (χ3n) is 3.23. The van der Waals surface area contributed by atoms with Crippen LogP contribution in [0.4, 0.5) is 4.79 Å². The lowest BCUT2D eigenvalue weighted by Gasteiger charge is -2.10. The van der Waals surface area contributed by atoms with E-state index >= 15 is 0 Å². The number of imide groups is 1. The second kappa shape index (κ2) is 6.39. The zero-order chi connectivity index (χ0) is 17.1. The lowest BCUT2D eigenvalue weighted by molar-refractivity contribution is -0.127. The number of primary amides is 1. The van der Waals surface area contributed by atoms with Gasteiger partial charge in [0.1, 0.15) is 11.3 Å². The van der Waals surface area contributed by atoms with E-state index in [9.17, 15) is 14.4 Å². The van der Waals surface area contributed by atoms with Crippen molar-refractivity contribution in [3.63, 3.8) is 0 Å². The number of benzene rings is 1. The van der Waals surface area contributed by atoms with Crippen molar-refractivity contribution in [2.45, 2.75) is 20.0 Å². The quantitative estimate of drug-likeness (QED) is 0.823. The largest absolute Gasteiger partial charge is 0.497 e. The first kappa shape index (κ1) is 16.3. The summed E-state index contributed by atoms with van der Waals surface area (Å²) in [5, 5.41) is 2.53. The van der Waals surface area contributed by atoms with E-state index in [1.807, 2.05) is 5.32 Å². The number of urea groups is 1. The summed E-state index contributed by atoms with van der Waals surface area (Å²) in [6.45, 7) is 3.01. The van der Waals surface area contributed by atoms with Crippen LogP contribution in [0.2, 0.25) is 0 Å². The molecule has 0 aliphatic rings. The van der Waals surface area contributed by atoms with Crippen molar-refractivity contribution in [2.24, 2.45) is 5.73 Å². The number of carbonyl (C=O) groups is 3. The Labute approximate surface area is 131 Å². The zero-order valence-electron chi connectivity index (χ0n) is 12.8. The minimum Gasteiger partial charge on any atom is -0.497 e. The molecule has 1 aromatic heterocycles. The number of ether oxygens (including phenoxy) is 2. The highest BCUT2D eigenvalue weighted by atomic mass is 16.6. The lowest BCUT2D eigenvalue weighted by atomic mass is 10.1. The molecule has 0 aliphatic heterocycles.